The summed E-state index contributed by atoms with van der Waals surface area (Å²) in [4.78, 5) is 27.6. The molecule has 29 heavy (non-hydrogen) atoms. The molecule has 2 aromatic carbocycles. The summed E-state index contributed by atoms with van der Waals surface area (Å²) in [6, 6.07) is 14.4. The van der Waals surface area contributed by atoms with Gasteiger partial charge in [-0.25, -0.2) is 4.39 Å². The Morgan fingerprint density at radius 1 is 1.03 bits per heavy atom. The molecule has 0 bridgehead atoms. The number of nitrogens with one attached hydrogen (secondary N) is 3. The van der Waals surface area contributed by atoms with Gasteiger partial charge in [0.05, 0.1) is 12.7 Å². The average Bonchev–Trinajstić information content (AvgIpc) is 3.33. The second-order valence-electron chi connectivity index (χ2n) is 6.65. The van der Waals surface area contributed by atoms with Gasteiger partial charge in [0, 0.05) is 28.0 Å². The molecule has 0 radical (unpaired) electrons. The smallest absolute Gasteiger partial charge is 0.291 e. The molecule has 2 amide bonds. The predicted octanol–water partition coefficient (Wildman–Crippen LogP) is 4.64. The van der Waals surface area contributed by atoms with Gasteiger partial charge in [0.2, 0.25) is 5.91 Å². The SMILES string of the molecule is Cc1[nH]c2ccc(F)cc2c1CC(=O)Nc1ccc(NC(=O)c2ccco2)cc1. The number of hydrogen-bond donors (Lipinski definition) is 3. The molecule has 0 aliphatic carbocycles. The number of hydrogen-bond acceptors (Lipinski definition) is 3. The van der Waals surface area contributed by atoms with Gasteiger partial charge in [0.1, 0.15) is 5.82 Å². The number of fused-ring (bicyclic) bond motifs is 1. The summed E-state index contributed by atoms with van der Waals surface area (Å²) in [7, 11) is 0. The monoisotopic (exact) mass is 391 g/mol. The molecule has 0 unspecified atom stereocenters. The maximum Gasteiger partial charge on any atom is 0.291 e. The van der Waals surface area contributed by atoms with Gasteiger partial charge in [-0.1, -0.05) is 0 Å². The van der Waals surface area contributed by atoms with Crippen LogP contribution in [0, 0.1) is 12.7 Å². The number of furan rings is 1. The fraction of sp³-hybridized carbons (Fsp3) is 0.0909. The first-order valence-electron chi connectivity index (χ1n) is 9.01. The Morgan fingerprint density at radius 2 is 1.76 bits per heavy atom. The molecular formula is C22H18FN3O3. The summed E-state index contributed by atoms with van der Waals surface area (Å²) in [5.41, 5.74) is 3.56. The number of carbonyl (C=O) groups is 2. The van der Waals surface area contributed by atoms with E-state index < -0.39 is 0 Å². The largest absolute Gasteiger partial charge is 0.459 e. The maximum atomic E-state index is 13.6. The normalized spacial score (nSPS) is 10.8. The van der Waals surface area contributed by atoms with Crippen molar-refractivity contribution >= 4 is 34.1 Å². The molecule has 0 atom stereocenters. The van der Waals surface area contributed by atoms with Crippen molar-refractivity contribution in [3.63, 3.8) is 0 Å². The van der Waals surface area contributed by atoms with Crippen LogP contribution in [0.4, 0.5) is 15.8 Å². The molecule has 6 nitrogen and oxygen atoms in total. The van der Waals surface area contributed by atoms with Gasteiger partial charge in [0.25, 0.3) is 5.91 Å². The summed E-state index contributed by atoms with van der Waals surface area (Å²) >= 11 is 0. The van der Waals surface area contributed by atoms with Crippen LogP contribution in [0.25, 0.3) is 10.9 Å². The summed E-state index contributed by atoms with van der Waals surface area (Å²) in [6.45, 7) is 1.86. The second kappa shape index (κ2) is 7.63. The third kappa shape index (κ3) is 4.03. The lowest BCUT2D eigenvalue weighted by Gasteiger charge is -2.08. The van der Waals surface area contributed by atoms with Gasteiger partial charge in [-0.15, -0.1) is 0 Å². The first kappa shape index (κ1) is 18.5. The Hall–Kier alpha value is -3.87. The topological polar surface area (TPSA) is 87.1 Å². The standard InChI is InChI=1S/C22H18FN3O3/c1-13-17(18-11-14(23)4-9-19(18)24-13)12-21(27)25-15-5-7-16(8-6-15)26-22(28)20-3-2-10-29-20/h2-11,24H,12H2,1H3,(H,25,27)(H,26,28). The molecule has 0 aliphatic heterocycles. The van der Waals surface area contributed by atoms with E-state index in [0.29, 0.717) is 16.8 Å². The third-order valence-electron chi connectivity index (χ3n) is 4.59. The quantitative estimate of drug-likeness (QED) is 0.463. The van der Waals surface area contributed by atoms with Gasteiger partial charge in [-0.3, -0.25) is 9.59 Å². The third-order valence-corrected chi connectivity index (χ3v) is 4.59. The van der Waals surface area contributed by atoms with Crippen molar-refractivity contribution in [2.24, 2.45) is 0 Å². The molecule has 0 spiro atoms. The second-order valence-corrected chi connectivity index (χ2v) is 6.65. The van der Waals surface area contributed by atoms with E-state index in [4.69, 9.17) is 4.42 Å². The predicted molar refractivity (Wildman–Crippen MR) is 108 cm³/mol. The maximum absolute atomic E-state index is 13.6. The van der Waals surface area contributed by atoms with Crippen molar-refractivity contribution in [1.29, 1.82) is 0 Å². The summed E-state index contributed by atoms with van der Waals surface area (Å²) < 4.78 is 18.6. The fourth-order valence-corrected chi connectivity index (χ4v) is 3.19. The number of rotatable bonds is 5. The average molecular weight is 391 g/mol. The van der Waals surface area contributed by atoms with Crippen molar-refractivity contribution in [2.45, 2.75) is 13.3 Å². The lowest BCUT2D eigenvalue weighted by atomic mass is 10.1. The molecule has 2 heterocycles. The van der Waals surface area contributed by atoms with E-state index in [-0.39, 0.29) is 29.8 Å². The molecule has 4 rings (SSSR count). The number of H-pyrrole nitrogens is 1. The van der Waals surface area contributed by atoms with Crippen LogP contribution in [-0.2, 0) is 11.2 Å². The summed E-state index contributed by atoms with van der Waals surface area (Å²) in [5.74, 6) is -0.697. The van der Waals surface area contributed by atoms with E-state index in [2.05, 4.69) is 15.6 Å². The molecule has 0 aliphatic rings. The molecule has 0 saturated heterocycles. The van der Waals surface area contributed by atoms with Crippen LogP contribution in [0.5, 0.6) is 0 Å². The first-order chi connectivity index (χ1) is 14.0. The van der Waals surface area contributed by atoms with Gasteiger partial charge in [0.15, 0.2) is 5.76 Å². The van der Waals surface area contributed by atoms with Gasteiger partial charge in [-0.2, -0.15) is 0 Å². The van der Waals surface area contributed by atoms with Gasteiger partial charge < -0.3 is 20.0 Å². The Kier molecular flexibility index (Phi) is 4.87. The minimum Gasteiger partial charge on any atom is -0.459 e. The number of amides is 2. The Bertz CT molecular complexity index is 1180. The van der Waals surface area contributed by atoms with Crippen LogP contribution in [0.3, 0.4) is 0 Å². The van der Waals surface area contributed by atoms with Crippen molar-refractivity contribution in [3.05, 3.63) is 83.7 Å². The Morgan fingerprint density at radius 3 is 2.45 bits per heavy atom. The molecular weight excluding hydrogens is 373 g/mol. The van der Waals surface area contributed by atoms with Crippen molar-refractivity contribution in [1.82, 2.24) is 4.98 Å². The van der Waals surface area contributed by atoms with E-state index >= 15 is 0 Å². The Balaban J connectivity index is 1.42. The van der Waals surface area contributed by atoms with E-state index in [0.717, 1.165) is 16.8 Å². The van der Waals surface area contributed by atoms with Crippen molar-refractivity contribution in [3.8, 4) is 0 Å². The first-order valence-corrected chi connectivity index (χ1v) is 9.01. The molecule has 7 heteroatoms. The van der Waals surface area contributed by atoms with E-state index in [9.17, 15) is 14.0 Å². The molecule has 3 N–H and O–H groups in total. The van der Waals surface area contributed by atoms with E-state index in [1.165, 1.54) is 18.4 Å². The lowest BCUT2D eigenvalue weighted by molar-refractivity contribution is -0.115. The zero-order chi connectivity index (χ0) is 20.4. The van der Waals surface area contributed by atoms with Crippen LogP contribution in [-0.4, -0.2) is 16.8 Å². The highest BCUT2D eigenvalue weighted by molar-refractivity contribution is 6.02. The Labute approximate surface area is 165 Å². The van der Waals surface area contributed by atoms with Crippen LogP contribution in [0.1, 0.15) is 21.8 Å². The molecule has 0 saturated carbocycles. The number of aromatic nitrogens is 1. The summed E-state index contributed by atoms with van der Waals surface area (Å²) in [5, 5.41) is 6.23. The molecule has 4 aromatic rings. The number of carbonyl (C=O) groups excluding carboxylic acids is 2. The van der Waals surface area contributed by atoms with Crippen molar-refractivity contribution < 1.29 is 18.4 Å². The highest BCUT2D eigenvalue weighted by Gasteiger charge is 2.14. The van der Waals surface area contributed by atoms with Crippen LogP contribution >= 0.6 is 0 Å². The zero-order valence-corrected chi connectivity index (χ0v) is 15.6. The van der Waals surface area contributed by atoms with Crippen molar-refractivity contribution in [2.75, 3.05) is 10.6 Å². The minimum atomic E-state index is -0.353. The zero-order valence-electron chi connectivity index (χ0n) is 15.6. The number of halogens is 1. The number of aromatic amines is 1. The number of benzene rings is 2. The van der Waals surface area contributed by atoms with Crippen LogP contribution in [0.2, 0.25) is 0 Å². The molecule has 0 fully saturated rings. The number of aryl methyl sites for hydroxylation is 1. The van der Waals surface area contributed by atoms with E-state index in [1.807, 2.05) is 6.92 Å². The number of anilines is 2. The highest BCUT2D eigenvalue weighted by atomic mass is 19.1. The van der Waals surface area contributed by atoms with Gasteiger partial charge >= 0.3 is 0 Å². The molecule has 2 aromatic heterocycles. The minimum absolute atomic E-state index is 0.117. The summed E-state index contributed by atoms with van der Waals surface area (Å²) in [6.07, 6.45) is 1.55. The van der Waals surface area contributed by atoms with E-state index in [1.54, 1.807) is 42.5 Å². The lowest BCUT2D eigenvalue weighted by Crippen LogP contribution is -2.15. The fourth-order valence-electron chi connectivity index (χ4n) is 3.19. The highest BCUT2D eigenvalue weighted by Crippen LogP contribution is 2.24. The molecule has 146 valence electrons. The van der Waals surface area contributed by atoms with Crippen LogP contribution < -0.4 is 10.6 Å². The van der Waals surface area contributed by atoms with Crippen LogP contribution in [0.15, 0.2) is 65.3 Å². The van der Waals surface area contributed by atoms with Gasteiger partial charge in [-0.05, 0) is 67.1 Å².